The maximum atomic E-state index is 14.7. The minimum atomic E-state index is -5.13. The Morgan fingerprint density at radius 3 is 2.52 bits per heavy atom. The van der Waals surface area contributed by atoms with Crippen LogP contribution in [0.5, 0.6) is 0 Å². The molecule has 0 radical (unpaired) electrons. The molecule has 138 valence electrons. The summed E-state index contributed by atoms with van der Waals surface area (Å²) in [6, 6.07) is 3.53. The first-order chi connectivity index (χ1) is 11.7. The van der Waals surface area contributed by atoms with E-state index in [1.165, 1.54) is 18.2 Å². The molecule has 10 heteroatoms. The molecule has 0 spiro atoms. The summed E-state index contributed by atoms with van der Waals surface area (Å²) in [5, 5.41) is 17.7. The highest BCUT2D eigenvalue weighted by Crippen LogP contribution is 2.38. The number of benzene rings is 1. The molecule has 7 nitrogen and oxygen atoms in total. The number of hydrogen-bond acceptors (Lipinski definition) is 5. The molecular weight excluding hydrogens is 358 g/mol. The Balaban J connectivity index is 1.91. The lowest BCUT2D eigenvalue weighted by Crippen LogP contribution is -2.66. The van der Waals surface area contributed by atoms with Crippen LogP contribution in [-0.2, 0) is 9.84 Å². The summed E-state index contributed by atoms with van der Waals surface area (Å²) in [6.07, 6.45) is -3.08. The van der Waals surface area contributed by atoms with Crippen LogP contribution in [0.3, 0.4) is 0 Å². The van der Waals surface area contributed by atoms with Crippen molar-refractivity contribution in [3.05, 3.63) is 30.3 Å². The van der Waals surface area contributed by atoms with E-state index in [1.54, 1.807) is 0 Å². The van der Waals surface area contributed by atoms with Crippen molar-refractivity contribution in [3.8, 4) is 0 Å². The van der Waals surface area contributed by atoms with Gasteiger partial charge < -0.3 is 15.5 Å². The topological polar surface area (TPSA) is 107 Å². The first kappa shape index (κ1) is 18.0. The number of hydrogen-bond donors (Lipinski definition) is 3. The SMILES string of the molecule is O=C(O)N1[C@@H]2CC[C@H]1[C@@H]([C@H](O)C(F)(F)S(=O)(=O)c1ccccc1)NC2. The molecule has 1 amide bonds. The summed E-state index contributed by atoms with van der Waals surface area (Å²) in [7, 11) is -5.13. The van der Waals surface area contributed by atoms with E-state index in [0.717, 1.165) is 17.0 Å². The summed E-state index contributed by atoms with van der Waals surface area (Å²) >= 11 is 0. The second-order valence-electron chi connectivity index (χ2n) is 6.25. The van der Waals surface area contributed by atoms with Crippen LogP contribution in [0.25, 0.3) is 0 Å². The Bertz CT molecular complexity index is 758. The molecule has 1 aromatic rings. The van der Waals surface area contributed by atoms with Crippen LogP contribution in [0.4, 0.5) is 13.6 Å². The summed E-state index contributed by atoms with van der Waals surface area (Å²) in [5.41, 5.74) is 0. The number of carboxylic acid groups (broad SMARTS) is 1. The molecule has 0 unspecified atom stereocenters. The van der Waals surface area contributed by atoms with Gasteiger partial charge in [-0.2, -0.15) is 8.78 Å². The largest absolute Gasteiger partial charge is 0.465 e. The van der Waals surface area contributed by atoms with Gasteiger partial charge in [0.25, 0.3) is 0 Å². The molecule has 2 aliphatic rings. The van der Waals surface area contributed by atoms with Crippen molar-refractivity contribution in [1.82, 2.24) is 10.2 Å². The minimum Gasteiger partial charge on any atom is -0.465 e. The summed E-state index contributed by atoms with van der Waals surface area (Å²) in [6.45, 7) is 0.0893. The maximum Gasteiger partial charge on any atom is 0.407 e. The molecule has 2 aliphatic heterocycles. The molecule has 2 bridgehead atoms. The number of aliphatic hydroxyl groups excluding tert-OH is 1. The molecule has 0 saturated carbocycles. The molecule has 1 aromatic carbocycles. The number of alkyl halides is 2. The van der Waals surface area contributed by atoms with Crippen LogP contribution in [-0.4, -0.2) is 65.7 Å². The third-order valence-corrected chi connectivity index (χ3v) is 6.72. The zero-order valence-electron chi connectivity index (χ0n) is 13.0. The molecule has 25 heavy (non-hydrogen) atoms. The maximum absolute atomic E-state index is 14.7. The Labute approximate surface area is 143 Å². The fraction of sp³-hybridized carbons (Fsp3) is 0.533. The van der Waals surface area contributed by atoms with Crippen molar-refractivity contribution in [2.75, 3.05) is 6.54 Å². The number of piperazine rings is 1. The van der Waals surface area contributed by atoms with Crippen molar-refractivity contribution in [2.24, 2.45) is 0 Å². The molecule has 0 aromatic heterocycles. The molecule has 4 atom stereocenters. The van der Waals surface area contributed by atoms with Gasteiger partial charge in [0.2, 0.25) is 9.84 Å². The number of aliphatic hydroxyl groups is 1. The van der Waals surface area contributed by atoms with E-state index in [1.807, 2.05) is 0 Å². The zero-order chi connectivity index (χ0) is 18.4. The standard InChI is InChI=1S/C15H18F2N2O5S/c16-15(17,25(23,24)10-4-2-1-3-5-10)13(20)12-11-7-6-9(8-18-12)19(11)14(21)22/h1-5,9,11-13,18,20H,6-8H2,(H,21,22)/t9-,11+,12+,13+/m1/s1. The lowest BCUT2D eigenvalue weighted by Gasteiger charge is -2.42. The van der Waals surface area contributed by atoms with Crippen LogP contribution < -0.4 is 5.32 Å². The van der Waals surface area contributed by atoms with Gasteiger partial charge >= 0.3 is 11.3 Å². The van der Waals surface area contributed by atoms with Crippen molar-refractivity contribution in [2.45, 2.75) is 47.2 Å². The van der Waals surface area contributed by atoms with Gasteiger partial charge in [-0.3, -0.25) is 4.90 Å². The van der Waals surface area contributed by atoms with Gasteiger partial charge in [-0.25, -0.2) is 13.2 Å². The van der Waals surface area contributed by atoms with Gasteiger partial charge in [-0.15, -0.1) is 0 Å². The fourth-order valence-electron chi connectivity index (χ4n) is 3.62. The zero-order valence-corrected chi connectivity index (χ0v) is 13.9. The number of fused-ring (bicyclic) bond motifs is 2. The predicted octanol–water partition coefficient (Wildman–Crippen LogP) is 0.897. The average Bonchev–Trinajstić information content (AvgIpc) is 2.89. The lowest BCUT2D eigenvalue weighted by atomic mass is 9.99. The highest BCUT2D eigenvalue weighted by molar-refractivity contribution is 7.92. The number of nitrogens with one attached hydrogen (secondary N) is 1. The van der Waals surface area contributed by atoms with Gasteiger partial charge in [0, 0.05) is 12.6 Å². The van der Waals surface area contributed by atoms with Crippen LogP contribution in [0.15, 0.2) is 35.2 Å². The van der Waals surface area contributed by atoms with E-state index in [4.69, 9.17) is 0 Å². The van der Waals surface area contributed by atoms with Gasteiger partial charge in [0.15, 0.2) is 6.10 Å². The van der Waals surface area contributed by atoms with E-state index in [9.17, 15) is 32.2 Å². The van der Waals surface area contributed by atoms with Gasteiger partial charge in [-0.1, -0.05) is 18.2 Å². The first-order valence-corrected chi connectivity index (χ1v) is 9.26. The Hall–Kier alpha value is -1.78. The van der Waals surface area contributed by atoms with E-state index < -0.39 is 44.3 Å². The van der Waals surface area contributed by atoms with E-state index in [2.05, 4.69) is 5.32 Å². The Morgan fingerprint density at radius 1 is 1.28 bits per heavy atom. The second kappa shape index (κ2) is 6.19. The molecular formula is C15H18F2N2O5S. The fourth-order valence-corrected chi connectivity index (χ4v) is 4.91. The number of halogens is 2. The smallest absolute Gasteiger partial charge is 0.407 e. The van der Waals surface area contributed by atoms with Gasteiger partial charge in [-0.05, 0) is 25.0 Å². The third kappa shape index (κ3) is 2.77. The van der Waals surface area contributed by atoms with Crippen LogP contribution in [0.2, 0.25) is 0 Å². The quantitative estimate of drug-likeness (QED) is 0.721. The van der Waals surface area contributed by atoms with Crippen molar-refractivity contribution in [3.63, 3.8) is 0 Å². The first-order valence-electron chi connectivity index (χ1n) is 7.78. The van der Waals surface area contributed by atoms with Crippen LogP contribution in [0, 0.1) is 0 Å². The number of nitrogens with zero attached hydrogens (tertiary/aromatic N) is 1. The van der Waals surface area contributed by atoms with E-state index in [-0.39, 0.29) is 19.0 Å². The van der Waals surface area contributed by atoms with Gasteiger partial charge in [0.1, 0.15) is 0 Å². The molecule has 2 fully saturated rings. The summed E-state index contributed by atoms with van der Waals surface area (Å²) in [4.78, 5) is 11.8. The number of sulfone groups is 1. The lowest BCUT2D eigenvalue weighted by molar-refractivity contribution is -0.0781. The monoisotopic (exact) mass is 376 g/mol. The third-order valence-electron chi connectivity index (χ3n) is 4.87. The summed E-state index contributed by atoms with van der Waals surface area (Å²) < 4.78 is 53.9. The van der Waals surface area contributed by atoms with Crippen LogP contribution >= 0.6 is 0 Å². The highest BCUT2D eigenvalue weighted by atomic mass is 32.2. The Kier molecular flexibility index (Phi) is 4.46. The van der Waals surface area contributed by atoms with Gasteiger partial charge in [0.05, 0.1) is 17.0 Å². The number of rotatable bonds is 4. The van der Waals surface area contributed by atoms with E-state index >= 15 is 0 Å². The van der Waals surface area contributed by atoms with E-state index in [0.29, 0.717) is 6.42 Å². The van der Waals surface area contributed by atoms with Crippen molar-refractivity contribution in [1.29, 1.82) is 0 Å². The normalized spacial score (nSPS) is 28.0. The molecule has 2 heterocycles. The van der Waals surface area contributed by atoms with Crippen LogP contribution in [0.1, 0.15) is 12.8 Å². The minimum absolute atomic E-state index is 0.0893. The number of carbonyl (C=O) groups is 1. The summed E-state index contributed by atoms with van der Waals surface area (Å²) in [5.74, 6) is 0. The number of amides is 1. The van der Waals surface area contributed by atoms with Crippen molar-refractivity contribution >= 4 is 15.9 Å². The van der Waals surface area contributed by atoms with Crippen molar-refractivity contribution < 1.29 is 32.2 Å². The molecule has 2 saturated heterocycles. The Morgan fingerprint density at radius 2 is 1.92 bits per heavy atom. The molecule has 0 aliphatic carbocycles. The average molecular weight is 376 g/mol. The second-order valence-corrected chi connectivity index (χ2v) is 8.27. The predicted molar refractivity (Wildman–Crippen MR) is 83.0 cm³/mol. The highest BCUT2D eigenvalue weighted by Gasteiger charge is 2.59. The molecule has 3 N–H and O–H groups in total. The molecule has 3 rings (SSSR count).